The molecule has 2 aromatic carbocycles. The van der Waals surface area contributed by atoms with Crippen molar-refractivity contribution in [1.29, 1.82) is 0 Å². The number of aromatic nitrogens is 2. The van der Waals surface area contributed by atoms with Crippen LogP contribution in [-0.4, -0.2) is 38.3 Å². The topological polar surface area (TPSA) is 87.8 Å². The summed E-state index contributed by atoms with van der Waals surface area (Å²) in [5.41, 5.74) is 1.01. The molecule has 166 valence electrons. The molecule has 4 rings (SSSR count). The molecule has 33 heavy (non-hydrogen) atoms. The number of allylic oxidation sites excluding steroid dienone is 4. The molecular formula is C25H22N4O4. The van der Waals surface area contributed by atoms with Crippen LogP contribution in [0.5, 0.6) is 5.88 Å². The second-order valence-corrected chi connectivity index (χ2v) is 7.32. The third-order valence-corrected chi connectivity index (χ3v) is 5.27. The van der Waals surface area contributed by atoms with Gasteiger partial charge in [-0.3, -0.25) is 14.4 Å². The number of nitrogens with zero attached hydrogens (tertiary/aromatic N) is 4. The van der Waals surface area contributed by atoms with Gasteiger partial charge in [-0.25, -0.2) is 19.4 Å². The lowest BCUT2D eigenvalue weighted by atomic mass is 10.2. The van der Waals surface area contributed by atoms with Crippen molar-refractivity contribution < 1.29 is 14.7 Å². The zero-order valence-electron chi connectivity index (χ0n) is 18.1. The van der Waals surface area contributed by atoms with E-state index in [9.17, 15) is 19.5 Å². The number of carbonyl (C=O) groups excluding carboxylic acids is 2. The Morgan fingerprint density at radius 2 is 1.36 bits per heavy atom. The van der Waals surface area contributed by atoms with Crippen LogP contribution in [-0.2, 0) is 16.6 Å². The van der Waals surface area contributed by atoms with Gasteiger partial charge in [-0.15, -0.1) is 0 Å². The number of likely N-dealkylation sites (N-methyl/N-ethyl adjacent to an activating group) is 1. The minimum atomic E-state index is -0.422. The van der Waals surface area contributed by atoms with E-state index >= 15 is 0 Å². The standard InChI is InChI=1S/C25H22N4O4/c1-26-22(30)20(24(32)28(26)18-12-6-3-7-13-18)16-10-5-11-17-21-23(31)27(2)29(25(21)33)19-14-8-4-9-15-19/h3-17,30H,1-2H3. The summed E-state index contributed by atoms with van der Waals surface area (Å²) >= 11 is 0. The second-order valence-electron chi connectivity index (χ2n) is 7.32. The molecule has 2 heterocycles. The molecule has 1 aliphatic heterocycles. The third-order valence-electron chi connectivity index (χ3n) is 5.27. The molecule has 3 aromatic rings. The Hall–Kier alpha value is -4.59. The van der Waals surface area contributed by atoms with E-state index in [1.807, 2.05) is 12.1 Å². The Balaban J connectivity index is 1.55. The summed E-state index contributed by atoms with van der Waals surface area (Å²) in [5.74, 6) is -1.01. The molecule has 2 amide bonds. The van der Waals surface area contributed by atoms with Gasteiger partial charge in [0.2, 0.25) is 5.88 Å². The predicted molar refractivity (Wildman–Crippen MR) is 126 cm³/mol. The lowest BCUT2D eigenvalue weighted by Crippen LogP contribution is -2.37. The number of anilines is 1. The molecule has 1 fully saturated rings. The molecule has 8 nitrogen and oxygen atoms in total. The first-order valence-corrected chi connectivity index (χ1v) is 10.2. The number of para-hydroxylation sites is 2. The first-order valence-electron chi connectivity index (χ1n) is 10.2. The molecule has 0 radical (unpaired) electrons. The Bertz CT molecular complexity index is 1350. The average Bonchev–Trinajstić information content (AvgIpc) is 3.17. The fourth-order valence-electron chi connectivity index (χ4n) is 3.60. The number of carbonyl (C=O) groups is 2. The minimum Gasteiger partial charge on any atom is -0.493 e. The summed E-state index contributed by atoms with van der Waals surface area (Å²) in [6.07, 6.45) is 7.59. The van der Waals surface area contributed by atoms with Gasteiger partial charge in [0.15, 0.2) is 0 Å². The smallest absolute Gasteiger partial charge is 0.282 e. The van der Waals surface area contributed by atoms with Gasteiger partial charge in [0.05, 0.1) is 11.4 Å². The van der Waals surface area contributed by atoms with Crippen LogP contribution in [0.15, 0.2) is 95.3 Å². The normalized spacial score (nSPS) is 15.6. The lowest BCUT2D eigenvalue weighted by molar-refractivity contribution is -0.124. The number of benzene rings is 2. The molecule has 0 bridgehead atoms. The first kappa shape index (κ1) is 21.6. The molecule has 8 heteroatoms. The van der Waals surface area contributed by atoms with Gasteiger partial charge < -0.3 is 5.11 Å². The SMILES string of the molecule is CN1C(=O)C(=CC=CC=Cc2c(O)n(C)n(-c3ccccc3)c2=O)C(=O)N1c1ccccc1. The van der Waals surface area contributed by atoms with Crippen LogP contribution in [0.25, 0.3) is 11.8 Å². The van der Waals surface area contributed by atoms with Crippen molar-refractivity contribution in [3.05, 3.63) is 106 Å². The Labute approximate surface area is 190 Å². The summed E-state index contributed by atoms with van der Waals surface area (Å²) in [6.45, 7) is 0. The molecule has 0 aliphatic carbocycles. The van der Waals surface area contributed by atoms with Crippen LogP contribution in [0.3, 0.4) is 0 Å². The van der Waals surface area contributed by atoms with Crippen LogP contribution in [0, 0.1) is 0 Å². The maximum absolute atomic E-state index is 12.8. The van der Waals surface area contributed by atoms with Crippen molar-refractivity contribution in [1.82, 2.24) is 14.4 Å². The fourth-order valence-corrected chi connectivity index (χ4v) is 3.60. The minimum absolute atomic E-state index is 0.0278. The van der Waals surface area contributed by atoms with Gasteiger partial charge >= 0.3 is 0 Å². The number of rotatable bonds is 5. The van der Waals surface area contributed by atoms with E-state index in [2.05, 4.69) is 0 Å². The summed E-state index contributed by atoms with van der Waals surface area (Å²) in [6, 6.07) is 17.9. The molecule has 0 saturated carbocycles. The molecule has 1 aromatic heterocycles. The van der Waals surface area contributed by atoms with E-state index in [0.717, 1.165) is 0 Å². The van der Waals surface area contributed by atoms with Gasteiger partial charge in [-0.2, -0.15) is 0 Å². The molecule has 1 saturated heterocycles. The van der Waals surface area contributed by atoms with Gasteiger partial charge in [0.25, 0.3) is 17.4 Å². The van der Waals surface area contributed by atoms with Crippen molar-refractivity contribution >= 4 is 23.6 Å². The van der Waals surface area contributed by atoms with E-state index in [-0.39, 0.29) is 22.6 Å². The van der Waals surface area contributed by atoms with Crippen molar-refractivity contribution in [2.75, 3.05) is 12.1 Å². The van der Waals surface area contributed by atoms with Crippen LogP contribution < -0.4 is 10.6 Å². The molecular weight excluding hydrogens is 420 g/mol. The highest BCUT2D eigenvalue weighted by Crippen LogP contribution is 2.25. The molecule has 0 spiro atoms. The summed E-state index contributed by atoms with van der Waals surface area (Å²) in [5, 5.41) is 13.0. The number of hydrazine groups is 1. The first-order chi connectivity index (χ1) is 15.9. The van der Waals surface area contributed by atoms with Gasteiger partial charge in [-0.05, 0) is 36.4 Å². The summed E-state index contributed by atoms with van der Waals surface area (Å²) < 4.78 is 2.73. The van der Waals surface area contributed by atoms with Crippen LogP contribution in [0.2, 0.25) is 0 Å². The van der Waals surface area contributed by atoms with Crippen LogP contribution >= 0.6 is 0 Å². The monoisotopic (exact) mass is 442 g/mol. The Kier molecular flexibility index (Phi) is 5.82. The van der Waals surface area contributed by atoms with Crippen molar-refractivity contribution in [2.24, 2.45) is 7.05 Å². The predicted octanol–water partition coefficient (Wildman–Crippen LogP) is 2.80. The van der Waals surface area contributed by atoms with Gasteiger partial charge in [-0.1, -0.05) is 54.6 Å². The largest absolute Gasteiger partial charge is 0.493 e. The quantitative estimate of drug-likeness (QED) is 0.374. The van der Waals surface area contributed by atoms with Crippen molar-refractivity contribution in [3.63, 3.8) is 0 Å². The average molecular weight is 442 g/mol. The zero-order valence-corrected chi connectivity index (χ0v) is 18.1. The van der Waals surface area contributed by atoms with Crippen molar-refractivity contribution in [2.45, 2.75) is 0 Å². The van der Waals surface area contributed by atoms with Crippen molar-refractivity contribution in [3.8, 4) is 11.6 Å². The maximum atomic E-state index is 12.8. The zero-order chi connectivity index (χ0) is 23.5. The van der Waals surface area contributed by atoms with Crippen LogP contribution in [0.4, 0.5) is 5.69 Å². The van der Waals surface area contributed by atoms with E-state index in [1.54, 1.807) is 73.8 Å². The highest BCUT2D eigenvalue weighted by molar-refractivity contribution is 6.29. The van der Waals surface area contributed by atoms with Gasteiger partial charge in [0.1, 0.15) is 11.1 Å². The molecule has 1 aliphatic rings. The van der Waals surface area contributed by atoms with E-state index < -0.39 is 11.8 Å². The molecule has 1 N–H and O–H groups in total. The molecule has 0 unspecified atom stereocenters. The van der Waals surface area contributed by atoms with E-state index in [1.165, 1.54) is 38.6 Å². The fraction of sp³-hybridized carbons (Fsp3) is 0.0800. The third kappa shape index (κ3) is 3.89. The van der Waals surface area contributed by atoms with E-state index in [0.29, 0.717) is 11.4 Å². The lowest BCUT2D eigenvalue weighted by Gasteiger charge is -2.22. The van der Waals surface area contributed by atoms with Crippen LogP contribution in [0.1, 0.15) is 5.56 Å². The second kappa shape index (κ2) is 8.88. The number of hydrogen-bond donors (Lipinski definition) is 1. The molecule has 0 atom stereocenters. The Morgan fingerprint density at radius 3 is 2.00 bits per heavy atom. The highest BCUT2D eigenvalue weighted by atomic mass is 16.3. The maximum Gasteiger partial charge on any atom is 0.282 e. The van der Waals surface area contributed by atoms with E-state index in [4.69, 9.17) is 0 Å². The number of hydrogen-bond acceptors (Lipinski definition) is 4. The summed E-state index contributed by atoms with van der Waals surface area (Å²) in [4.78, 5) is 38.0. The summed E-state index contributed by atoms with van der Waals surface area (Å²) in [7, 11) is 3.13. The number of aromatic hydroxyl groups is 1. The highest BCUT2D eigenvalue weighted by Gasteiger charge is 2.39. The Morgan fingerprint density at radius 1 is 0.758 bits per heavy atom. The number of amides is 2. The van der Waals surface area contributed by atoms with Gasteiger partial charge in [0, 0.05) is 14.1 Å².